The number of piperidine rings is 1. The average molecular weight is 357 g/mol. The Kier molecular flexibility index (Phi) is 4.94. The first-order valence-corrected chi connectivity index (χ1v) is 9.80. The highest BCUT2D eigenvalue weighted by atomic mass is 16.5. The predicted octanol–water partition coefficient (Wildman–Crippen LogP) is 2.11. The molecule has 0 radical (unpaired) electrons. The molecule has 2 amide bonds. The summed E-state index contributed by atoms with van der Waals surface area (Å²) in [4.78, 5) is 34.7. The molecule has 3 saturated heterocycles. The lowest BCUT2D eigenvalue weighted by atomic mass is 9.67. The first kappa shape index (κ1) is 17.5. The molecule has 3 fully saturated rings. The zero-order valence-corrected chi connectivity index (χ0v) is 15.2. The Hall–Kier alpha value is -1.95. The van der Waals surface area contributed by atoms with E-state index in [1.54, 1.807) is 18.3 Å². The molecule has 0 saturated carbocycles. The van der Waals surface area contributed by atoms with E-state index in [9.17, 15) is 9.59 Å². The fourth-order valence-corrected chi connectivity index (χ4v) is 4.86. The minimum Gasteiger partial charge on any atom is -0.381 e. The molecule has 0 N–H and O–H groups in total. The van der Waals surface area contributed by atoms with Crippen LogP contribution in [0.1, 0.15) is 49.0 Å². The smallest absolute Gasteiger partial charge is 0.273 e. The summed E-state index contributed by atoms with van der Waals surface area (Å²) in [6.07, 6.45) is 7.38. The molecule has 4 heterocycles. The Morgan fingerprint density at radius 1 is 1.04 bits per heavy atom. The van der Waals surface area contributed by atoms with Crippen molar-refractivity contribution >= 4 is 11.8 Å². The molecular weight excluding hydrogens is 330 g/mol. The highest BCUT2D eigenvalue weighted by Crippen LogP contribution is 2.45. The first-order valence-electron chi connectivity index (χ1n) is 9.80. The number of hydrogen-bond donors (Lipinski definition) is 0. The molecule has 1 aromatic heterocycles. The van der Waals surface area contributed by atoms with Crippen molar-refractivity contribution in [1.82, 2.24) is 14.8 Å². The summed E-state index contributed by atoms with van der Waals surface area (Å²) in [7, 11) is 0. The van der Waals surface area contributed by atoms with Gasteiger partial charge >= 0.3 is 0 Å². The van der Waals surface area contributed by atoms with Crippen molar-refractivity contribution in [3.63, 3.8) is 0 Å². The van der Waals surface area contributed by atoms with Gasteiger partial charge in [-0.15, -0.1) is 0 Å². The van der Waals surface area contributed by atoms with Gasteiger partial charge in [-0.05, 0) is 50.7 Å². The number of likely N-dealkylation sites (tertiary alicyclic amines) is 2. The van der Waals surface area contributed by atoms with Gasteiger partial charge in [-0.1, -0.05) is 6.07 Å². The van der Waals surface area contributed by atoms with Crippen LogP contribution >= 0.6 is 0 Å². The molecule has 1 atom stereocenters. The number of pyridine rings is 1. The van der Waals surface area contributed by atoms with Gasteiger partial charge in [0.05, 0.1) is 0 Å². The van der Waals surface area contributed by atoms with Crippen LogP contribution in [0, 0.1) is 5.41 Å². The predicted molar refractivity (Wildman–Crippen MR) is 96.6 cm³/mol. The lowest BCUT2D eigenvalue weighted by Crippen LogP contribution is -2.62. The summed E-state index contributed by atoms with van der Waals surface area (Å²) in [5.41, 5.74) is 0.275. The van der Waals surface area contributed by atoms with E-state index in [4.69, 9.17) is 4.74 Å². The Labute approximate surface area is 154 Å². The molecule has 6 nitrogen and oxygen atoms in total. The van der Waals surface area contributed by atoms with Crippen molar-refractivity contribution in [3.05, 3.63) is 30.1 Å². The molecule has 6 heteroatoms. The van der Waals surface area contributed by atoms with Crippen LogP contribution in [0.5, 0.6) is 0 Å². The number of nitrogens with zero attached hydrogens (tertiary/aromatic N) is 3. The highest BCUT2D eigenvalue weighted by Gasteiger charge is 2.52. The van der Waals surface area contributed by atoms with E-state index >= 15 is 0 Å². The molecular formula is C20H27N3O3. The van der Waals surface area contributed by atoms with Crippen molar-refractivity contribution in [2.75, 3.05) is 32.8 Å². The van der Waals surface area contributed by atoms with Crippen LogP contribution in [-0.4, -0.2) is 65.5 Å². The lowest BCUT2D eigenvalue weighted by Gasteiger charge is -2.51. The molecule has 0 aromatic carbocycles. The van der Waals surface area contributed by atoms with E-state index < -0.39 is 0 Å². The molecule has 140 valence electrons. The van der Waals surface area contributed by atoms with Gasteiger partial charge in [0.2, 0.25) is 5.91 Å². The van der Waals surface area contributed by atoms with Crippen LogP contribution in [0.2, 0.25) is 0 Å². The zero-order valence-electron chi connectivity index (χ0n) is 15.2. The monoisotopic (exact) mass is 357 g/mol. The Bertz CT molecular complexity index is 646. The van der Waals surface area contributed by atoms with Gasteiger partial charge in [0.1, 0.15) is 11.7 Å². The van der Waals surface area contributed by atoms with Crippen LogP contribution in [0.25, 0.3) is 0 Å². The molecule has 4 rings (SSSR count). The maximum Gasteiger partial charge on any atom is 0.273 e. The van der Waals surface area contributed by atoms with Crippen LogP contribution in [0.4, 0.5) is 0 Å². The largest absolute Gasteiger partial charge is 0.381 e. The molecule has 26 heavy (non-hydrogen) atoms. The number of aromatic nitrogens is 1. The van der Waals surface area contributed by atoms with Crippen molar-refractivity contribution in [1.29, 1.82) is 0 Å². The molecule has 0 aliphatic carbocycles. The number of amides is 2. The standard InChI is InChI=1S/C20H27N3O3/c24-18(16-6-1-2-10-21-16)23-13-5-7-20(8-14-26-15-9-20)17(23)19(25)22-11-3-4-12-22/h1-2,6,10,17H,3-5,7-9,11-15H2. The molecule has 3 aliphatic rings. The normalized spacial score (nSPS) is 25.5. The maximum atomic E-state index is 13.5. The van der Waals surface area contributed by atoms with Crippen molar-refractivity contribution in [3.8, 4) is 0 Å². The van der Waals surface area contributed by atoms with Gasteiger partial charge in [-0.3, -0.25) is 14.6 Å². The summed E-state index contributed by atoms with van der Waals surface area (Å²) in [5.74, 6) is 0.0158. The first-order chi connectivity index (χ1) is 12.7. The van der Waals surface area contributed by atoms with Gasteiger partial charge < -0.3 is 14.5 Å². The van der Waals surface area contributed by atoms with E-state index in [-0.39, 0.29) is 23.3 Å². The van der Waals surface area contributed by atoms with Crippen molar-refractivity contribution < 1.29 is 14.3 Å². The fraction of sp³-hybridized carbons (Fsp3) is 0.650. The second-order valence-corrected chi connectivity index (χ2v) is 7.73. The third kappa shape index (κ3) is 3.11. The third-order valence-electron chi connectivity index (χ3n) is 6.25. The minimum absolute atomic E-state index is 0.117. The van der Waals surface area contributed by atoms with E-state index in [0.29, 0.717) is 25.5 Å². The minimum atomic E-state index is -0.382. The summed E-state index contributed by atoms with van der Waals surface area (Å²) in [6, 6.07) is 4.99. The van der Waals surface area contributed by atoms with E-state index in [1.807, 2.05) is 15.9 Å². The molecule has 0 bridgehead atoms. The number of ether oxygens (including phenoxy) is 1. The molecule has 3 aliphatic heterocycles. The van der Waals surface area contributed by atoms with Gasteiger partial charge in [0.25, 0.3) is 5.91 Å². The second kappa shape index (κ2) is 7.35. The second-order valence-electron chi connectivity index (χ2n) is 7.73. The topological polar surface area (TPSA) is 62.7 Å². The SMILES string of the molecule is O=C(C1N(C(=O)c2ccccn2)CCCC12CCOCC2)N1CCCC1. The molecule has 1 unspecified atom stereocenters. The van der Waals surface area contributed by atoms with E-state index in [2.05, 4.69) is 4.98 Å². The van der Waals surface area contributed by atoms with Gasteiger partial charge in [-0.2, -0.15) is 0 Å². The summed E-state index contributed by atoms with van der Waals surface area (Å²) < 4.78 is 5.59. The number of rotatable bonds is 2. The van der Waals surface area contributed by atoms with Crippen LogP contribution in [0.15, 0.2) is 24.4 Å². The van der Waals surface area contributed by atoms with Gasteiger partial charge in [-0.25, -0.2) is 0 Å². The van der Waals surface area contributed by atoms with Crippen molar-refractivity contribution in [2.24, 2.45) is 5.41 Å². The van der Waals surface area contributed by atoms with Crippen LogP contribution in [0.3, 0.4) is 0 Å². The Balaban J connectivity index is 1.68. The maximum absolute atomic E-state index is 13.5. The fourth-order valence-electron chi connectivity index (χ4n) is 4.86. The molecule has 1 spiro atoms. The third-order valence-corrected chi connectivity index (χ3v) is 6.25. The summed E-state index contributed by atoms with van der Waals surface area (Å²) in [5, 5.41) is 0. The van der Waals surface area contributed by atoms with Crippen molar-refractivity contribution in [2.45, 2.75) is 44.6 Å². The molecule has 1 aromatic rings. The number of carbonyl (C=O) groups is 2. The highest BCUT2D eigenvalue weighted by molar-refractivity contribution is 5.96. The average Bonchev–Trinajstić information content (AvgIpc) is 3.23. The summed E-state index contributed by atoms with van der Waals surface area (Å²) >= 11 is 0. The Morgan fingerprint density at radius 2 is 1.81 bits per heavy atom. The van der Waals surface area contributed by atoms with E-state index in [0.717, 1.165) is 51.6 Å². The quantitative estimate of drug-likeness (QED) is 0.813. The zero-order chi connectivity index (χ0) is 18.0. The lowest BCUT2D eigenvalue weighted by molar-refractivity contribution is -0.147. The van der Waals surface area contributed by atoms with Gasteiger partial charge in [0, 0.05) is 44.5 Å². The van der Waals surface area contributed by atoms with Gasteiger partial charge in [0.15, 0.2) is 0 Å². The number of carbonyl (C=O) groups excluding carboxylic acids is 2. The number of hydrogen-bond acceptors (Lipinski definition) is 4. The van der Waals surface area contributed by atoms with E-state index in [1.165, 1.54) is 0 Å². The Morgan fingerprint density at radius 3 is 2.50 bits per heavy atom. The summed E-state index contributed by atoms with van der Waals surface area (Å²) in [6.45, 7) is 3.61. The van der Waals surface area contributed by atoms with Crippen LogP contribution < -0.4 is 0 Å². The van der Waals surface area contributed by atoms with Crippen LogP contribution in [-0.2, 0) is 9.53 Å².